The van der Waals surface area contributed by atoms with Gasteiger partial charge < -0.3 is 9.84 Å². The zero-order valence-corrected chi connectivity index (χ0v) is 14.5. The van der Waals surface area contributed by atoms with Gasteiger partial charge in [-0.1, -0.05) is 17.7 Å². The highest BCUT2D eigenvalue weighted by atomic mass is 16.5. The van der Waals surface area contributed by atoms with Gasteiger partial charge in [0, 0.05) is 30.9 Å². The number of aromatic hydroxyl groups is 1. The van der Waals surface area contributed by atoms with Crippen molar-refractivity contribution in [1.29, 1.82) is 0 Å². The number of benzene rings is 1. The van der Waals surface area contributed by atoms with Gasteiger partial charge in [-0.3, -0.25) is 14.7 Å². The molecule has 4 aliphatic rings. The van der Waals surface area contributed by atoms with Gasteiger partial charge in [-0.15, -0.1) is 0 Å². The molecule has 130 valence electrons. The fraction of sp³-hybridized carbons (Fsp3) is 0.500. The summed E-state index contributed by atoms with van der Waals surface area (Å²) in [4.78, 5) is 20.4. The summed E-state index contributed by atoms with van der Waals surface area (Å²) in [5.41, 5.74) is 3.98. The van der Waals surface area contributed by atoms with E-state index < -0.39 is 0 Å². The monoisotopic (exact) mass is 338 g/mol. The first-order valence-corrected chi connectivity index (χ1v) is 8.99. The Balaban J connectivity index is 1.78. The molecule has 5 nitrogen and oxygen atoms in total. The Hall–Kier alpha value is -2.14. The molecule has 0 aromatic heterocycles. The fourth-order valence-corrected chi connectivity index (χ4v) is 5.81. The second-order valence-corrected chi connectivity index (χ2v) is 7.61. The molecular weight excluding hydrogens is 316 g/mol. The summed E-state index contributed by atoms with van der Waals surface area (Å²) < 4.78 is 5.28. The van der Waals surface area contributed by atoms with Gasteiger partial charge in [-0.25, -0.2) is 0 Å². The van der Waals surface area contributed by atoms with Crippen molar-refractivity contribution in [3.63, 3.8) is 0 Å². The van der Waals surface area contributed by atoms with Crippen LogP contribution in [0.5, 0.6) is 5.75 Å². The first-order chi connectivity index (χ1) is 12.1. The molecule has 0 amide bonds. The molecule has 3 heterocycles. The number of hydrogen-bond donors (Lipinski definition) is 1. The maximum absolute atomic E-state index is 13.0. The molecule has 0 unspecified atom stereocenters. The standard InChI is InChI=1S/C20H22N2O3/c1-3-11-10-22-7-6-20-14-5-4-12(23)8-15(14)21-18(20)16(22)9-13(11)17(20)19(24)25-2/h3-5,8,13,16-17,23H,6-7,9-10H2,1-2H3/b11-3-/t13-,16-,17+,20-/m0/s1. The zero-order chi connectivity index (χ0) is 17.3. The Labute approximate surface area is 147 Å². The number of esters is 1. The Morgan fingerprint density at radius 3 is 3.08 bits per heavy atom. The van der Waals surface area contributed by atoms with E-state index in [-0.39, 0.29) is 35.0 Å². The average Bonchev–Trinajstić information content (AvgIpc) is 2.95. The predicted octanol–water partition coefficient (Wildman–Crippen LogP) is 2.56. The zero-order valence-electron chi connectivity index (χ0n) is 14.5. The number of fused-ring (bicyclic) bond motifs is 2. The number of phenolic OH excluding ortho intramolecular Hbond substituents is 1. The molecule has 3 bridgehead atoms. The molecule has 0 radical (unpaired) electrons. The summed E-state index contributed by atoms with van der Waals surface area (Å²) in [7, 11) is 1.49. The maximum atomic E-state index is 13.0. The summed E-state index contributed by atoms with van der Waals surface area (Å²) in [5.74, 6) is 0.0659. The van der Waals surface area contributed by atoms with E-state index in [1.54, 1.807) is 12.1 Å². The fourth-order valence-electron chi connectivity index (χ4n) is 5.81. The van der Waals surface area contributed by atoms with Crippen molar-refractivity contribution in [3.8, 4) is 5.75 Å². The molecule has 5 rings (SSSR count). The number of ether oxygens (including phenoxy) is 1. The second-order valence-electron chi connectivity index (χ2n) is 7.61. The first kappa shape index (κ1) is 15.1. The molecule has 2 saturated heterocycles. The lowest BCUT2D eigenvalue weighted by Crippen LogP contribution is -2.68. The van der Waals surface area contributed by atoms with E-state index in [2.05, 4.69) is 17.9 Å². The summed E-state index contributed by atoms with van der Waals surface area (Å²) >= 11 is 0. The van der Waals surface area contributed by atoms with Crippen LogP contribution in [0.4, 0.5) is 5.69 Å². The molecule has 5 heteroatoms. The van der Waals surface area contributed by atoms with Gasteiger partial charge in [0.2, 0.25) is 0 Å². The van der Waals surface area contributed by atoms with Crippen LogP contribution >= 0.6 is 0 Å². The van der Waals surface area contributed by atoms with Crippen molar-refractivity contribution in [2.24, 2.45) is 16.8 Å². The number of methoxy groups -OCH3 is 1. The third-order valence-electron chi connectivity index (χ3n) is 6.81. The number of aliphatic imine (C=N–C) groups is 1. The van der Waals surface area contributed by atoms with Crippen molar-refractivity contribution < 1.29 is 14.6 Å². The Morgan fingerprint density at radius 1 is 1.48 bits per heavy atom. The van der Waals surface area contributed by atoms with Crippen molar-refractivity contribution >= 4 is 17.4 Å². The predicted molar refractivity (Wildman–Crippen MR) is 94.2 cm³/mol. The third kappa shape index (κ3) is 1.72. The molecule has 4 atom stereocenters. The maximum Gasteiger partial charge on any atom is 0.310 e. The Kier molecular flexibility index (Phi) is 2.99. The highest BCUT2D eigenvalue weighted by molar-refractivity contribution is 6.09. The number of nitrogens with zero attached hydrogens (tertiary/aromatic N) is 2. The average molecular weight is 338 g/mol. The normalized spacial score (nSPS) is 36.8. The van der Waals surface area contributed by atoms with Crippen LogP contribution in [0.2, 0.25) is 0 Å². The van der Waals surface area contributed by atoms with E-state index in [0.717, 1.165) is 42.9 Å². The van der Waals surface area contributed by atoms with Gasteiger partial charge in [0.25, 0.3) is 0 Å². The van der Waals surface area contributed by atoms with E-state index in [1.807, 2.05) is 6.07 Å². The molecule has 1 aliphatic carbocycles. The largest absolute Gasteiger partial charge is 0.508 e. The lowest BCUT2D eigenvalue weighted by molar-refractivity contribution is -0.151. The van der Waals surface area contributed by atoms with E-state index in [4.69, 9.17) is 9.73 Å². The van der Waals surface area contributed by atoms with Crippen LogP contribution in [0.15, 0.2) is 34.8 Å². The Bertz CT molecular complexity index is 843. The minimum absolute atomic E-state index is 0.133. The highest BCUT2D eigenvalue weighted by Gasteiger charge is 2.65. The van der Waals surface area contributed by atoms with Crippen LogP contribution in [0, 0.1) is 11.8 Å². The van der Waals surface area contributed by atoms with Gasteiger partial charge in [-0.2, -0.15) is 0 Å². The number of piperidine rings is 2. The van der Waals surface area contributed by atoms with Crippen LogP contribution in [-0.4, -0.2) is 47.9 Å². The lowest BCUT2D eigenvalue weighted by atomic mass is 9.51. The molecule has 0 spiro atoms. The van der Waals surface area contributed by atoms with E-state index in [1.165, 1.54) is 12.7 Å². The molecule has 1 N–H and O–H groups in total. The van der Waals surface area contributed by atoms with E-state index >= 15 is 0 Å². The first-order valence-electron chi connectivity index (χ1n) is 8.99. The second kappa shape index (κ2) is 4.94. The van der Waals surface area contributed by atoms with Crippen LogP contribution in [0.1, 0.15) is 25.3 Å². The quantitative estimate of drug-likeness (QED) is 0.631. The minimum atomic E-state index is -0.380. The van der Waals surface area contributed by atoms with Crippen molar-refractivity contribution in [2.45, 2.75) is 31.2 Å². The molecular formula is C20H22N2O3. The molecule has 25 heavy (non-hydrogen) atoms. The van der Waals surface area contributed by atoms with Crippen LogP contribution in [0.25, 0.3) is 0 Å². The lowest BCUT2D eigenvalue weighted by Gasteiger charge is -2.59. The smallest absolute Gasteiger partial charge is 0.310 e. The molecule has 1 aromatic carbocycles. The number of carbonyl (C=O) groups excluding carboxylic acids is 1. The summed E-state index contributed by atoms with van der Waals surface area (Å²) in [6, 6.07) is 5.70. The topological polar surface area (TPSA) is 62.1 Å². The SMILES string of the molecule is C/C=C1/CN2CC[C@]34C(=Nc5cc(O)ccc53)[C@@H]2C[C@@H]1[C@@H]4C(=O)OC. The highest BCUT2D eigenvalue weighted by Crippen LogP contribution is 2.60. The van der Waals surface area contributed by atoms with E-state index in [0.29, 0.717) is 0 Å². The molecule has 1 aromatic rings. The van der Waals surface area contributed by atoms with E-state index in [9.17, 15) is 9.90 Å². The number of phenols is 1. The minimum Gasteiger partial charge on any atom is -0.508 e. The number of hydrogen-bond acceptors (Lipinski definition) is 5. The van der Waals surface area contributed by atoms with Gasteiger partial charge in [-0.05, 0) is 37.3 Å². The van der Waals surface area contributed by atoms with Crippen molar-refractivity contribution in [2.75, 3.05) is 20.2 Å². The number of carbonyl (C=O) groups is 1. The van der Waals surface area contributed by atoms with Gasteiger partial charge in [0.1, 0.15) is 5.75 Å². The molecule has 1 saturated carbocycles. The number of rotatable bonds is 1. The molecule has 3 aliphatic heterocycles. The summed E-state index contributed by atoms with van der Waals surface area (Å²) in [6.07, 6.45) is 3.99. The van der Waals surface area contributed by atoms with Crippen LogP contribution in [0.3, 0.4) is 0 Å². The van der Waals surface area contributed by atoms with Crippen molar-refractivity contribution in [1.82, 2.24) is 4.90 Å². The van der Waals surface area contributed by atoms with Gasteiger partial charge in [0.05, 0.1) is 24.1 Å². The summed E-state index contributed by atoms with van der Waals surface area (Å²) in [6.45, 7) is 3.94. The Morgan fingerprint density at radius 2 is 2.32 bits per heavy atom. The van der Waals surface area contributed by atoms with Crippen LogP contribution in [-0.2, 0) is 14.9 Å². The molecule has 3 fully saturated rings. The summed E-state index contributed by atoms with van der Waals surface area (Å²) in [5, 5.41) is 9.91. The third-order valence-corrected chi connectivity index (χ3v) is 6.81. The van der Waals surface area contributed by atoms with Crippen LogP contribution < -0.4 is 0 Å². The van der Waals surface area contributed by atoms with Gasteiger partial charge >= 0.3 is 5.97 Å². The number of allylic oxidation sites excluding steroid dienone is 1. The van der Waals surface area contributed by atoms with Gasteiger partial charge in [0.15, 0.2) is 0 Å². The van der Waals surface area contributed by atoms with Crippen molar-refractivity contribution in [3.05, 3.63) is 35.4 Å².